The van der Waals surface area contributed by atoms with E-state index in [2.05, 4.69) is 6.07 Å². The van der Waals surface area contributed by atoms with Crippen molar-refractivity contribution in [1.82, 2.24) is 0 Å². The van der Waals surface area contributed by atoms with E-state index < -0.39 is 0 Å². The van der Waals surface area contributed by atoms with Crippen LogP contribution < -0.4 is 14.2 Å². The van der Waals surface area contributed by atoms with Gasteiger partial charge in [-0.05, 0) is 66.9 Å². The Labute approximate surface area is 177 Å². The Balaban J connectivity index is 1.77. The normalized spacial score (nSPS) is 10.8. The molecule has 4 nitrogen and oxygen atoms in total. The number of ether oxygens (including phenoxy) is 3. The highest BCUT2D eigenvalue weighted by Gasteiger charge is 2.08. The monoisotopic (exact) mass is 402 g/mol. The van der Waals surface area contributed by atoms with Crippen molar-refractivity contribution in [3.8, 4) is 17.2 Å². The van der Waals surface area contributed by atoms with Crippen LogP contribution in [0.25, 0.3) is 6.08 Å². The molecule has 3 rings (SSSR count). The molecule has 3 aromatic carbocycles. The molecular formula is C26H26O4. The fraction of sp³-hybridized carbons (Fsp3) is 0.192. The van der Waals surface area contributed by atoms with E-state index >= 15 is 0 Å². The Kier molecular flexibility index (Phi) is 6.91. The fourth-order valence-corrected chi connectivity index (χ4v) is 3.08. The summed E-state index contributed by atoms with van der Waals surface area (Å²) in [6.07, 6.45) is 3.36. The van der Waals surface area contributed by atoms with Crippen LogP contribution in [0.5, 0.6) is 17.2 Å². The Morgan fingerprint density at radius 1 is 0.900 bits per heavy atom. The lowest BCUT2D eigenvalue weighted by Gasteiger charge is -2.13. The topological polar surface area (TPSA) is 44.8 Å². The van der Waals surface area contributed by atoms with E-state index in [1.165, 1.54) is 0 Å². The van der Waals surface area contributed by atoms with Crippen molar-refractivity contribution >= 4 is 11.9 Å². The number of ketones is 1. The molecule has 0 aromatic heterocycles. The van der Waals surface area contributed by atoms with Crippen LogP contribution in [0.4, 0.5) is 0 Å². The van der Waals surface area contributed by atoms with E-state index in [4.69, 9.17) is 14.2 Å². The number of benzene rings is 3. The van der Waals surface area contributed by atoms with E-state index in [0.29, 0.717) is 17.9 Å². The molecule has 0 unspecified atom stereocenters. The SMILES string of the molecule is COc1cccc(C(=O)/C=C/c2ccc(OC)c(COc3cc(C)ccc3C)c2)c1. The number of hydrogen-bond acceptors (Lipinski definition) is 4. The lowest BCUT2D eigenvalue weighted by atomic mass is 10.1. The molecule has 0 atom stereocenters. The van der Waals surface area contributed by atoms with Gasteiger partial charge in [0, 0.05) is 11.1 Å². The molecule has 0 heterocycles. The lowest BCUT2D eigenvalue weighted by Crippen LogP contribution is -2.01. The number of carbonyl (C=O) groups excluding carboxylic acids is 1. The number of methoxy groups -OCH3 is 2. The number of carbonyl (C=O) groups is 1. The quantitative estimate of drug-likeness (QED) is 0.353. The second kappa shape index (κ2) is 9.79. The molecule has 0 saturated heterocycles. The number of rotatable bonds is 8. The summed E-state index contributed by atoms with van der Waals surface area (Å²) in [5.74, 6) is 2.17. The number of aryl methyl sites for hydroxylation is 2. The summed E-state index contributed by atoms with van der Waals surface area (Å²) in [6.45, 7) is 4.44. The van der Waals surface area contributed by atoms with Gasteiger partial charge in [-0.2, -0.15) is 0 Å². The maximum absolute atomic E-state index is 12.5. The summed E-state index contributed by atoms with van der Waals surface area (Å²) in [5, 5.41) is 0. The van der Waals surface area contributed by atoms with Gasteiger partial charge in [-0.25, -0.2) is 0 Å². The van der Waals surface area contributed by atoms with Gasteiger partial charge in [0.25, 0.3) is 0 Å². The number of allylic oxidation sites excluding steroid dienone is 1. The van der Waals surface area contributed by atoms with Crippen molar-refractivity contribution in [2.75, 3.05) is 14.2 Å². The van der Waals surface area contributed by atoms with Gasteiger partial charge >= 0.3 is 0 Å². The predicted octanol–water partition coefficient (Wildman–Crippen LogP) is 5.80. The Morgan fingerprint density at radius 2 is 1.73 bits per heavy atom. The molecule has 30 heavy (non-hydrogen) atoms. The van der Waals surface area contributed by atoms with Crippen LogP contribution in [0.1, 0.15) is 32.6 Å². The second-order valence-corrected chi connectivity index (χ2v) is 7.06. The van der Waals surface area contributed by atoms with Crippen molar-refractivity contribution in [2.24, 2.45) is 0 Å². The Morgan fingerprint density at radius 3 is 2.50 bits per heavy atom. The van der Waals surface area contributed by atoms with E-state index in [1.807, 2.05) is 50.2 Å². The molecule has 0 fully saturated rings. The van der Waals surface area contributed by atoms with Crippen LogP contribution in [-0.2, 0) is 6.61 Å². The highest BCUT2D eigenvalue weighted by atomic mass is 16.5. The van der Waals surface area contributed by atoms with Gasteiger partial charge in [0.2, 0.25) is 0 Å². The Bertz CT molecular complexity index is 1070. The zero-order chi connectivity index (χ0) is 21.5. The maximum Gasteiger partial charge on any atom is 0.185 e. The van der Waals surface area contributed by atoms with Crippen molar-refractivity contribution in [3.63, 3.8) is 0 Å². The molecule has 0 aliphatic rings. The zero-order valence-corrected chi connectivity index (χ0v) is 17.8. The minimum absolute atomic E-state index is 0.0853. The van der Waals surface area contributed by atoms with Gasteiger partial charge in [-0.1, -0.05) is 36.4 Å². The van der Waals surface area contributed by atoms with Crippen molar-refractivity contribution in [3.05, 3.63) is 94.6 Å². The summed E-state index contributed by atoms with van der Waals surface area (Å²) >= 11 is 0. The fourth-order valence-electron chi connectivity index (χ4n) is 3.08. The van der Waals surface area contributed by atoms with E-state index in [0.717, 1.165) is 33.8 Å². The highest BCUT2D eigenvalue weighted by Crippen LogP contribution is 2.25. The third-order valence-corrected chi connectivity index (χ3v) is 4.81. The van der Waals surface area contributed by atoms with Crippen LogP contribution in [0, 0.1) is 13.8 Å². The number of hydrogen-bond donors (Lipinski definition) is 0. The molecule has 0 N–H and O–H groups in total. The summed E-state index contributed by atoms with van der Waals surface area (Å²) < 4.78 is 16.7. The van der Waals surface area contributed by atoms with E-state index in [1.54, 1.807) is 44.6 Å². The second-order valence-electron chi connectivity index (χ2n) is 7.06. The van der Waals surface area contributed by atoms with Crippen molar-refractivity contribution in [1.29, 1.82) is 0 Å². The summed E-state index contributed by atoms with van der Waals surface area (Å²) in [7, 11) is 3.22. The van der Waals surface area contributed by atoms with Crippen LogP contribution in [0.3, 0.4) is 0 Å². The van der Waals surface area contributed by atoms with Gasteiger partial charge in [-0.15, -0.1) is 0 Å². The first-order valence-corrected chi connectivity index (χ1v) is 9.73. The first-order chi connectivity index (χ1) is 14.5. The molecule has 0 aliphatic heterocycles. The molecule has 0 amide bonds. The van der Waals surface area contributed by atoms with Gasteiger partial charge in [0.15, 0.2) is 5.78 Å². The van der Waals surface area contributed by atoms with E-state index in [9.17, 15) is 4.79 Å². The van der Waals surface area contributed by atoms with Crippen LogP contribution >= 0.6 is 0 Å². The molecule has 3 aromatic rings. The van der Waals surface area contributed by atoms with Crippen LogP contribution in [0.2, 0.25) is 0 Å². The third-order valence-electron chi connectivity index (χ3n) is 4.81. The average Bonchev–Trinajstić information content (AvgIpc) is 2.78. The summed E-state index contributed by atoms with van der Waals surface area (Å²) in [5.41, 5.74) is 4.62. The predicted molar refractivity (Wildman–Crippen MR) is 120 cm³/mol. The molecule has 0 bridgehead atoms. The molecule has 0 aliphatic carbocycles. The maximum atomic E-state index is 12.5. The van der Waals surface area contributed by atoms with Gasteiger partial charge < -0.3 is 14.2 Å². The standard InChI is InChI=1S/C26H26O4/c1-18-8-9-19(2)26(14-18)30-17-22-15-20(11-13-25(22)29-4)10-12-24(27)21-6-5-7-23(16-21)28-3/h5-16H,17H2,1-4H3/b12-10+. The lowest BCUT2D eigenvalue weighted by molar-refractivity contribution is 0.104. The van der Waals surface area contributed by atoms with Crippen LogP contribution in [-0.4, -0.2) is 20.0 Å². The minimum Gasteiger partial charge on any atom is -0.497 e. The summed E-state index contributed by atoms with van der Waals surface area (Å²) in [4.78, 5) is 12.5. The largest absolute Gasteiger partial charge is 0.497 e. The van der Waals surface area contributed by atoms with Crippen LogP contribution in [0.15, 0.2) is 66.7 Å². The first kappa shape index (κ1) is 21.2. The smallest absolute Gasteiger partial charge is 0.185 e. The third kappa shape index (κ3) is 5.29. The molecule has 0 saturated carbocycles. The van der Waals surface area contributed by atoms with Crippen molar-refractivity contribution in [2.45, 2.75) is 20.5 Å². The van der Waals surface area contributed by atoms with Gasteiger partial charge in [0.05, 0.1) is 14.2 Å². The van der Waals surface area contributed by atoms with Gasteiger partial charge in [-0.3, -0.25) is 4.79 Å². The molecule has 0 radical (unpaired) electrons. The Hall–Kier alpha value is -3.53. The minimum atomic E-state index is -0.0853. The molecule has 154 valence electrons. The summed E-state index contributed by atoms with van der Waals surface area (Å²) in [6, 6.07) is 19.0. The molecule has 4 heteroatoms. The highest BCUT2D eigenvalue weighted by molar-refractivity contribution is 6.07. The van der Waals surface area contributed by atoms with E-state index in [-0.39, 0.29) is 5.78 Å². The zero-order valence-electron chi connectivity index (χ0n) is 17.8. The first-order valence-electron chi connectivity index (χ1n) is 9.73. The average molecular weight is 402 g/mol. The van der Waals surface area contributed by atoms with Gasteiger partial charge in [0.1, 0.15) is 23.9 Å². The van der Waals surface area contributed by atoms with Crippen molar-refractivity contribution < 1.29 is 19.0 Å². The molecular weight excluding hydrogens is 376 g/mol. The molecule has 0 spiro atoms.